The molecule has 6 nitrogen and oxygen atoms in total. The summed E-state index contributed by atoms with van der Waals surface area (Å²) in [5.41, 5.74) is 4.91. The molecule has 0 saturated heterocycles. The topological polar surface area (TPSA) is 78.0 Å². The quantitative estimate of drug-likeness (QED) is 0.618. The first-order valence-electron chi connectivity index (χ1n) is 6.63. The number of rotatable bonds is 6. The number of nitrogens with two attached hydrogens (primary N) is 1. The smallest absolute Gasteiger partial charge is 0.161 e. The van der Waals surface area contributed by atoms with Gasteiger partial charge in [0.05, 0.1) is 25.0 Å². The molecule has 1 atom stereocenters. The van der Waals surface area contributed by atoms with Crippen molar-refractivity contribution in [3.05, 3.63) is 42.0 Å². The Bertz CT molecular complexity index is 538. The standard InChI is InChI=1S/C14H21N5O/c1-10(2)19-14(13(20-3)9-17-19)12(18-15)7-11-5-4-6-16-8-11/h4-6,8-10,12,18H,7,15H2,1-3H3. The minimum Gasteiger partial charge on any atom is -0.493 e. The van der Waals surface area contributed by atoms with Gasteiger partial charge in [-0.25, -0.2) is 0 Å². The van der Waals surface area contributed by atoms with Gasteiger partial charge >= 0.3 is 0 Å². The van der Waals surface area contributed by atoms with Crippen molar-refractivity contribution in [2.24, 2.45) is 5.84 Å². The highest BCUT2D eigenvalue weighted by atomic mass is 16.5. The van der Waals surface area contributed by atoms with Crippen LogP contribution in [0.4, 0.5) is 0 Å². The van der Waals surface area contributed by atoms with Gasteiger partial charge in [-0.05, 0) is 31.9 Å². The third kappa shape index (κ3) is 2.97. The summed E-state index contributed by atoms with van der Waals surface area (Å²) >= 11 is 0. The number of nitrogens with one attached hydrogen (secondary N) is 1. The average molecular weight is 275 g/mol. The molecule has 0 fully saturated rings. The summed E-state index contributed by atoms with van der Waals surface area (Å²) in [6.45, 7) is 4.15. The van der Waals surface area contributed by atoms with Gasteiger partial charge in [0.2, 0.25) is 0 Å². The Morgan fingerprint density at radius 3 is 2.75 bits per heavy atom. The van der Waals surface area contributed by atoms with Gasteiger partial charge in [0.25, 0.3) is 0 Å². The Morgan fingerprint density at radius 2 is 2.20 bits per heavy atom. The zero-order chi connectivity index (χ0) is 14.5. The van der Waals surface area contributed by atoms with Crippen molar-refractivity contribution in [3.63, 3.8) is 0 Å². The Hall–Kier alpha value is -1.92. The van der Waals surface area contributed by atoms with E-state index in [1.807, 2.05) is 23.0 Å². The maximum absolute atomic E-state index is 5.74. The number of hydrogen-bond acceptors (Lipinski definition) is 5. The summed E-state index contributed by atoms with van der Waals surface area (Å²) in [5.74, 6) is 6.48. The summed E-state index contributed by atoms with van der Waals surface area (Å²) in [5, 5.41) is 4.38. The Labute approximate surface area is 118 Å². The number of nitrogens with zero attached hydrogens (tertiary/aromatic N) is 3. The van der Waals surface area contributed by atoms with E-state index in [1.165, 1.54) is 0 Å². The summed E-state index contributed by atoms with van der Waals surface area (Å²) in [6.07, 6.45) is 6.04. The van der Waals surface area contributed by atoms with E-state index in [1.54, 1.807) is 19.5 Å². The van der Waals surface area contributed by atoms with Gasteiger partial charge in [-0.1, -0.05) is 6.07 Å². The van der Waals surface area contributed by atoms with Crippen LogP contribution in [0.25, 0.3) is 0 Å². The van der Waals surface area contributed by atoms with Crippen LogP contribution in [0.5, 0.6) is 5.75 Å². The predicted octanol–water partition coefficient (Wildman–Crippen LogP) is 1.61. The lowest BCUT2D eigenvalue weighted by atomic mass is 10.0. The van der Waals surface area contributed by atoms with E-state index in [2.05, 4.69) is 29.4 Å². The Morgan fingerprint density at radius 1 is 1.40 bits per heavy atom. The third-order valence-electron chi connectivity index (χ3n) is 3.20. The number of hydrazine groups is 1. The van der Waals surface area contributed by atoms with E-state index in [0.717, 1.165) is 23.4 Å². The van der Waals surface area contributed by atoms with Crippen molar-refractivity contribution in [1.29, 1.82) is 0 Å². The zero-order valence-electron chi connectivity index (χ0n) is 12.1. The molecule has 6 heteroatoms. The second kappa shape index (κ2) is 6.49. The van der Waals surface area contributed by atoms with Crippen LogP contribution in [0.3, 0.4) is 0 Å². The molecule has 0 aliphatic rings. The summed E-state index contributed by atoms with van der Waals surface area (Å²) in [7, 11) is 1.64. The molecule has 0 spiro atoms. The molecule has 0 aromatic carbocycles. The van der Waals surface area contributed by atoms with Gasteiger partial charge in [0, 0.05) is 18.4 Å². The molecular weight excluding hydrogens is 254 g/mol. The van der Waals surface area contributed by atoms with E-state index in [0.29, 0.717) is 0 Å². The molecule has 2 rings (SSSR count). The van der Waals surface area contributed by atoms with Gasteiger partial charge in [-0.15, -0.1) is 0 Å². The number of pyridine rings is 1. The van der Waals surface area contributed by atoms with E-state index in [4.69, 9.17) is 10.6 Å². The zero-order valence-corrected chi connectivity index (χ0v) is 12.1. The first-order chi connectivity index (χ1) is 9.67. The normalized spacial score (nSPS) is 12.7. The van der Waals surface area contributed by atoms with Crippen LogP contribution in [-0.4, -0.2) is 21.9 Å². The van der Waals surface area contributed by atoms with Crippen LogP contribution < -0.4 is 16.0 Å². The molecule has 2 heterocycles. The molecule has 0 radical (unpaired) electrons. The highest BCUT2D eigenvalue weighted by Gasteiger charge is 2.22. The van der Waals surface area contributed by atoms with Crippen molar-refractivity contribution < 1.29 is 4.74 Å². The second-order valence-corrected chi connectivity index (χ2v) is 4.92. The van der Waals surface area contributed by atoms with E-state index < -0.39 is 0 Å². The monoisotopic (exact) mass is 275 g/mol. The molecule has 3 N–H and O–H groups in total. The maximum Gasteiger partial charge on any atom is 0.161 e. The Balaban J connectivity index is 2.33. The molecule has 108 valence electrons. The molecular formula is C14H21N5O. The lowest BCUT2D eigenvalue weighted by molar-refractivity contribution is 0.384. The van der Waals surface area contributed by atoms with Crippen LogP contribution in [0.2, 0.25) is 0 Å². The molecule has 1 unspecified atom stereocenters. The predicted molar refractivity (Wildman–Crippen MR) is 77.2 cm³/mol. The van der Waals surface area contributed by atoms with Crippen LogP contribution in [0.15, 0.2) is 30.7 Å². The SMILES string of the molecule is COc1cnn(C(C)C)c1C(Cc1cccnc1)NN. The molecule has 0 saturated carbocycles. The average Bonchev–Trinajstić information content (AvgIpc) is 2.89. The number of methoxy groups -OCH3 is 1. The van der Waals surface area contributed by atoms with Crippen LogP contribution >= 0.6 is 0 Å². The molecule has 0 amide bonds. The number of ether oxygens (including phenoxy) is 1. The van der Waals surface area contributed by atoms with E-state index >= 15 is 0 Å². The van der Waals surface area contributed by atoms with Gasteiger partial charge < -0.3 is 4.74 Å². The van der Waals surface area contributed by atoms with Crippen molar-refractivity contribution in [1.82, 2.24) is 20.2 Å². The highest BCUT2D eigenvalue weighted by Crippen LogP contribution is 2.29. The summed E-state index contributed by atoms with van der Waals surface area (Å²) < 4.78 is 7.33. The lowest BCUT2D eigenvalue weighted by Gasteiger charge is -2.20. The largest absolute Gasteiger partial charge is 0.493 e. The minimum atomic E-state index is -0.0842. The first kappa shape index (κ1) is 14.5. The van der Waals surface area contributed by atoms with Gasteiger partial charge in [0.1, 0.15) is 0 Å². The minimum absolute atomic E-state index is 0.0842. The van der Waals surface area contributed by atoms with Gasteiger partial charge in [-0.3, -0.25) is 20.9 Å². The molecule has 20 heavy (non-hydrogen) atoms. The van der Waals surface area contributed by atoms with Gasteiger partial charge in [0.15, 0.2) is 5.75 Å². The lowest BCUT2D eigenvalue weighted by Crippen LogP contribution is -2.32. The second-order valence-electron chi connectivity index (χ2n) is 4.92. The molecule has 2 aromatic rings. The van der Waals surface area contributed by atoms with E-state index in [9.17, 15) is 0 Å². The molecule has 2 aromatic heterocycles. The van der Waals surface area contributed by atoms with Crippen LogP contribution in [0.1, 0.15) is 37.2 Å². The van der Waals surface area contributed by atoms with Crippen LogP contribution in [-0.2, 0) is 6.42 Å². The summed E-state index contributed by atoms with van der Waals surface area (Å²) in [4.78, 5) is 4.13. The Kier molecular flexibility index (Phi) is 4.70. The first-order valence-corrected chi connectivity index (χ1v) is 6.63. The van der Waals surface area contributed by atoms with Crippen molar-refractivity contribution in [3.8, 4) is 5.75 Å². The van der Waals surface area contributed by atoms with Crippen molar-refractivity contribution in [2.45, 2.75) is 32.4 Å². The molecule has 0 aliphatic heterocycles. The fourth-order valence-electron chi connectivity index (χ4n) is 2.25. The summed E-state index contributed by atoms with van der Waals surface area (Å²) in [6, 6.07) is 4.09. The number of hydrogen-bond donors (Lipinski definition) is 2. The number of aromatic nitrogens is 3. The fraction of sp³-hybridized carbons (Fsp3) is 0.429. The van der Waals surface area contributed by atoms with Gasteiger partial charge in [-0.2, -0.15) is 5.10 Å². The molecule has 0 bridgehead atoms. The third-order valence-corrected chi connectivity index (χ3v) is 3.20. The molecule has 0 aliphatic carbocycles. The van der Waals surface area contributed by atoms with Crippen molar-refractivity contribution >= 4 is 0 Å². The van der Waals surface area contributed by atoms with Crippen LogP contribution in [0, 0.1) is 0 Å². The van der Waals surface area contributed by atoms with E-state index in [-0.39, 0.29) is 12.1 Å². The maximum atomic E-state index is 5.74. The highest BCUT2D eigenvalue weighted by molar-refractivity contribution is 5.30. The van der Waals surface area contributed by atoms with Crippen molar-refractivity contribution in [2.75, 3.05) is 7.11 Å². The fourth-order valence-corrected chi connectivity index (χ4v) is 2.25.